The molecule has 0 bridgehead atoms. The second kappa shape index (κ2) is 8.46. The number of esters is 1. The van der Waals surface area contributed by atoms with Gasteiger partial charge < -0.3 is 24.8 Å². The molecular formula is C13H22N2O6. The summed E-state index contributed by atoms with van der Waals surface area (Å²) in [6.45, 7) is 1.07. The van der Waals surface area contributed by atoms with Crippen molar-refractivity contribution in [2.45, 2.75) is 37.8 Å². The van der Waals surface area contributed by atoms with Crippen LogP contribution in [0, 0.1) is 0 Å². The third-order valence-corrected chi connectivity index (χ3v) is 3.29. The smallest absolute Gasteiger partial charge is 0.326 e. The van der Waals surface area contributed by atoms with Gasteiger partial charge in [-0.1, -0.05) is 0 Å². The van der Waals surface area contributed by atoms with Crippen molar-refractivity contribution in [2.75, 3.05) is 27.3 Å². The highest BCUT2D eigenvalue weighted by atomic mass is 16.5. The molecule has 0 radical (unpaired) electrons. The predicted molar refractivity (Wildman–Crippen MR) is 72.8 cm³/mol. The second-order valence-corrected chi connectivity index (χ2v) is 4.99. The average Bonchev–Trinajstić information content (AvgIpc) is 2.47. The fraction of sp³-hybridized carbons (Fsp3) is 0.769. The quantitative estimate of drug-likeness (QED) is 0.680. The van der Waals surface area contributed by atoms with E-state index in [9.17, 15) is 14.4 Å². The molecule has 1 aliphatic heterocycles. The highest BCUT2D eigenvalue weighted by molar-refractivity contribution is 5.86. The summed E-state index contributed by atoms with van der Waals surface area (Å²) in [7, 11) is 2.72. The van der Waals surface area contributed by atoms with Gasteiger partial charge in [0.1, 0.15) is 6.04 Å². The third-order valence-electron chi connectivity index (χ3n) is 3.29. The SMILES string of the molecule is COC(=O)C[C@H](NC(=O)N(C)CC1CCCCO1)C(=O)O. The van der Waals surface area contributed by atoms with Gasteiger partial charge in [0.05, 0.1) is 19.6 Å². The normalized spacial score (nSPS) is 19.4. The van der Waals surface area contributed by atoms with Gasteiger partial charge in [0.2, 0.25) is 0 Å². The molecular weight excluding hydrogens is 280 g/mol. The molecule has 1 aliphatic rings. The minimum absolute atomic E-state index is 0.0293. The van der Waals surface area contributed by atoms with Crippen LogP contribution in [0.4, 0.5) is 4.79 Å². The minimum atomic E-state index is -1.31. The first kappa shape index (κ1) is 17.2. The highest BCUT2D eigenvalue weighted by Crippen LogP contribution is 2.13. The van der Waals surface area contributed by atoms with Crippen LogP contribution in [-0.4, -0.2) is 67.4 Å². The zero-order chi connectivity index (χ0) is 15.8. The summed E-state index contributed by atoms with van der Waals surface area (Å²) in [4.78, 5) is 35.5. The Morgan fingerprint density at radius 2 is 2.14 bits per heavy atom. The molecule has 1 heterocycles. The lowest BCUT2D eigenvalue weighted by Gasteiger charge is -2.28. The molecule has 8 nitrogen and oxygen atoms in total. The molecule has 2 amide bonds. The van der Waals surface area contributed by atoms with Crippen LogP contribution in [0.2, 0.25) is 0 Å². The number of hydrogen-bond acceptors (Lipinski definition) is 5. The molecule has 2 atom stereocenters. The Balaban J connectivity index is 2.47. The number of methoxy groups -OCH3 is 1. The number of aliphatic carboxylic acids is 1. The van der Waals surface area contributed by atoms with E-state index in [4.69, 9.17) is 9.84 Å². The van der Waals surface area contributed by atoms with Crippen LogP contribution in [0.25, 0.3) is 0 Å². The summed E-state index contributed by atoms with van der Waals surface area (Å²) in [5.41, 5.74) is 0. The molecule has 0 aromatic heterocycles. The Kier molecular flexibility index (Phi) is 6.93. The maximum atomic E-state index is 11.9. The number of carboxylic acids is 1. The summed E-state index contributed by atoms with van der Waals surface area (Å²) in [5, 5.41) is 11.3. The minimum Gasteiger partial charge on any atom is -0.480 e. The van der Waals surface area contributed by atoms with Crippen molar-refractivity contribution in [1.29, 1.82) is 0 Å². The molecule has 0 aromatic carbocycles. The fourth-order valence-corrected chi connectivity index (χ4v) is 2.05. The molecule has 120 valence electrons. The van der Waals surface area contributed by atoms with E-state index in [0.29, 0.717) is 13.2 Å². The second-order valence-electron chi connectivity index (χ2n) is 4.99. The summed E-state index contributed by atoms with van der Waals surface area (Å²) >= 11 is 0. The van der Waals surface area contributed by atoms with E-state index in [-0.39, 0.29) is 6.10 Å². The third kappa shape index (κ3) is 5.99. The summed E-state index contributed by atoms with van der Waals surface area (Å²) in [5.74, 6) is -1.97. The number of likely N-dealkylation sites (N-methyl/N-ethyl adjacent to an activating group) is 1. The first-order chi connectivity index (χ1) is 9.93. The zero-order valence-corrected chi connectivity index (χ0v) is 12.3. The summed E-state index contributed by atoms with van der Waals surface area (Å²) in [6, 6.07) is -1.86. The van der Waals surface area contributed by atoms with E-state index in [1.54, 1.807) is 7.05 Å². The lowest BCUT2D eigenvalue weighted by molar-refractivity contribution is -0.147. The molecule has 1 unspecified atom stereocenters. The van der Waals surface area contributed by atoms with Crippen LogP contribution in [0.5, 0.6) is 0 Å². The number of carbonyl (C=O) groups is 3. The topological polar surface area (TPSA) is 105 Å². The molecule has 2 N–H and O–H groups in total. The largest absolute Gasteiger partial charge is 0.480 e. The molecule has 0 aromatic rings. The number of rotatable bonds is 6. The Bertz CT molecular complexity index is 381. The number of carboxylic acid groups (broad SMARTS) is 1. The first-order valence-corrected chi connectivity index (χ1v) is 6.87. The van der Waals surface area contributed by atoms with Gasteiger partial charge >= 0.3 is 18.0 Å². The number of hydrogen-bond donors (Lipinski definition) is 2. The summed E-state index contributed by atoms with van der Waals surface area (Å²) < 4.78 is 9.93. The molecule has 0 spiro atoms. The van der Waals surface area contributed by atoms with Crippen LogP contribution in [0.1, 0.15) is 25.7 Å². The van der Waals surface area contributed by atoms with Crippen LogP contribution >= 0.6 is 0 Å². The molecule has 1 rings (SSSR count). The van der Waals surface area contributed by atoms with Gasteiger partial charge in [0, 0.05) is 20.2 Å². The standard InChI is InChI=1S/C13H22N2O6/c1-15(8-9-5-3-4-6-21-9)13(19)14-10(12(17)18)7-11(16)20-2/h9-10H,3-8H2,1-2H3,(H,14,19)(H,17,18)/t9?,10-/m0/s1. The van der Waals surface area contributed by atoms with Gasteiger partial charge in [0.15, 0.2) is 0 Å². The van der Waals surface area contributed by atoms with Crippen molar-refractivity contribution < 1.29 is 29.0 Å². The van der Waals surface area contributed by atoms with Crippen molar-refractivity contribution in [2.24, 2.45) is 0 Å². The maximum absolute atomic E-state index is 11.9. The number of ether oxygens (including phenoxy) is 2. The number of amides is 2. The summed E-state index contributed by atoms with van der Waals surface area (Å²) in [6.07, 6.45) is 2.51. The van der Waals surface area contributed by atoms with E-state index in [0.717, 1.165) is 26.4 Å². The van der Waals surface area contributed by atoms with E-state index in [2.05, 4.69) is 10.1 Å². The molecule has 8 heteroatoms. The Morgan fingerprint density at radius 1 is 1.43 bits per heavy atom. The Hall–Kier alpha value is -1.83. The van der Waals surface area contributed by atoms with E-state index < -0.39 is 30.4 Å². The van der Waals surface area contributed by atoms with Crippen molar-refractivity contribution >= 4 is 18.0 Å². The van der Waals surface area contributed by atoms with Crippen molar-refractivity contribution in [3.63, 3.8) is 0 Å². The van der Waals surface area contributed by atoms with Gasteiger partial charge in [0.25, 0.3) is 0 Å². The van der Waals surface area contributed by atoms with Crippen molar-refractivity contribution in [1.82, 2.24) is 10.2 Å². The van der Waals surface area contributed by atoms with Gasteiger partial charge in [-0.25, -0.2) is 9.59 Å². The number of urea groups is 1. The predicted octanol–water partition coefficient (Wildman–Crippen LogP) is 0.213. The molecule has 21 heavy (non-hydrogen) atoms. The maximum Gasteiger partial charge on any atom is 0.326 e. The molecule has 1 saturated heterocycles. The van der Waals surface area contributed by atoms with Crippen LogP contribution in [-0.2, 0) is 19.1 Å². The lowest BCUT2D eigenvalue weighted by atomic mass is 10.1. The van der Waals surface area contributed by atoms with Crippen molar-refractivity contribution in [3.05, 3.63) is 0 Å². The number of nitrogens with zero attached hydrogens (tertiary/aromatic N) is 1. The van der Waals surface area contributed by atoms with E-state index >= 15 is 0 Å². The van der Waals surface area contributed by atoms with Gasteiger partial charge in [-0.15, -0.1) is 0 Å². The number of carbonyl (C=O) groups excluding carboxylic acids is 2. The molecule has 1 fully saturated rings. The van der Waals surface area contributed by atoms with Crippen LogP contribution in [0.3, 0.4) is 0 Å². The first-order valence-electron chi connectivity index (χ1n) is 6.87. The van der Waals surface area contributed by atoms with E-state index in [1.165, 1.54) is 4.90 Å². The zero-order valence-electron chi connectivity index (χ0n) is 12.3. The van der Waals surface area contributed by atoms with E-state index in [1.807, 2.05) is 0 Å². The van der Waals surface area contributed by atoms with Crippen LogP contribution in [0.15, 0.2) is 0 Å². The highest BCUT2D eigenvalue weighted by Gasteiger charge is 2.26. The Morgan fingerprint density at radius 3 is 2.67 bits per heavy atom. The van der Waals surface area contributed by atoms with Gasteiger partial charge in [-0.05, 0) is 19.3 Å². The molecule has 0 aliphatic carbocycles. The molecule has 0 saturated carbocycles. The number of nitrogens with one attached hydrogen (secondary N) is 1. The Labute approximate surface area is 123 Å². The van der Waals surface area contributed by atoms with Gasteiger partial charge in [-0.2, -0.15) is 0 Å². The average molecular weight is 302 g/mol. The van der Waals surface area contributed by atoms with Crippen LogP contribution < -0.4 is 5.32 Å². The lowest BCUT2D eigenvalue weighted by Crippen LogP contribution is -2.49. The monoisotopic (exact) mass is 302 g/mol. The van der Waals surface area contributed by atoms with Gasteiger partial charge in [-0.3, -0.25) is 4.79 Å². The van der Waals surface area contributed by atoms with Crippen molar-refractivity contribution in [3.8, 4) is 0 Å². The fourth-order valence-electron chi connectivity index (χ4n) is 2.05.